The van der Waals surface area contributed by atoms with Crippen LogP contribution in [0, 0.1) is 0 Å². The maximum absolute atomic E-state index is 12.5. The van der Waals surface area contributed by atoms with Crippen LogP contribution in [0.1, 0.15) is 37.8 Å². The van der Waals surface area contributed by atoms with E-state index in [9.17, 15) is 4.79 Å². The van der Waals surface area contributed by atoms with Crippen LogP contribution in [-0.2, 0) is 16.0 Å². The number of aromatic nitrogens is 4. The molecule has 3 rings (SSSR count). The molecule has 1 atom stereocenters. The number of esters is 1. The predicted molar refractivity (Wildman–Crippen MR) is 83.7 cm³/mol. The number of imidazole rings is 1. The van der Waals surface area contributed by atoms with Crippen molar-refractivity contribution in [3.8, 4) is 0 Å². The fourth-order valence-corrected chi connectivity index (χ4v) is 2.24. The van der Waals surface area contributed by atoms with E-state index in [1.54, 1.807) is 25.3 Å². The van der Waals surface area contributed by atoms with Crippen molar-refractivity contribution in [3.05, 3.63) is 5.82 Å². The molecule has 1 fully saturated rings. The third-order valence-electron chi connectivity index (χ3n) is 3.30. The van der Waals surface area contributed by atoms with Gasteiger partial charge in [-0.3, -0.25) is 0 Å². The molecule has 1 aliphatic rings. The summed E-state index contributed by atoms with van der Waals surface area (Å²) in [7, 11) is 0. The minimum absolute atomic E-state index is 0.0366. The lowest BCUT2D eigenvalue weighted by Gasteiger charge is -2.19. The molecule has 0 radical (unpaired) electrons. The molecule has 3 heterocycles. The summed E-state index contributed by atoms with van der Waals surface area (Å²) in [4.78, 5) is 24.8. The molecule has 0 amide bonds. The van der Waals surface area contributed by atoms with Crippen LogP contribution in [0.5, 0.6) is 0 Å². The first kappa shape index (κ1) is 15.5. The summed E-state index contributed by atoms with van der Waals surface area (Å²) >= 11 is 0. The van der Waals surface area contributed by atoms with Crippen LogP contribution in [0.3, 0.4) is 0 Å². The van der Waals surface area contributed by atoms with Crippen LogP contribution >= 0.6 is 0 Å². The number of fused-ring (bicyclic) bond motifs is 1. The molecule has 9 nitrogen and oxygen atoms in total. The highest BCUT2D eigenvalue weighted by molar-refractivity contribution is 5.93. The van der Waals surface area contributed by atoms with E-state index in [1.807, 2.05) is 0 Å². The molecule has 2 aromatic rings. The average Bonchev–Trinajstić information content (AvgIpc) is 3.15. The number of rotatable bonds is 4. The summed E-state index contributed by atoms with van der Waals surface area (Å²) < 4.78 is 12.3. The van der Waals surface area contributed by atoms with Gasteiger partial charge in [-0.25, -0.2) is 9.78 Å². The minimum Gasteiger partial charge on any atom is -0.454 e. The van der Waals surface area contributed by atoms with E-state index in [0.29, 0.717) is 17.7 Å². The highest BCUT2D eigenvalue weighted by Gasteiger charge is 2.28. The Morgan fingerprint density at radius 2 is 2.04 bits per heavy atom. The van der Waals surface area contributed by atoms with Crippen molar-refractivity contribution in [2.45, 2.75) is 45.4 Å². The lowest BCUT2D eigenvalue weighted by atomic mass is 10.2. The van der Waals surface area contributed by atoms with Crippen LogP contribution < -0.4 is 11.5 Å². The van der Waals surface area contributed by atoms with Gasteiger partial charge in [0.15, 0.2) is 17.0 Å². The first-order valence-electron chi connectivity index (χ1n) is 7.39. The van der Waals surface area contributed by atoms with E-state index < -0.39 is 11.6 Å². The van der Waals surface area contributed by atoms with E-state index in [4.69, 9.17) is 20.9 Å². The summed E-state index contributed by atoms with van der Waals surface area (Å²) in [6.07, 6.45) is 0.945. The molecule has 0 aliphatic carbocycles. The number of nitrogens with zero attached hydrogens (tertiary/aromatic N) is 4. The highest BCUT2D eigenvalue weighted by atomic mass is 16.6. The second kappa shape index (κ2) is 5.34. The van der Waals surface area contributed by atoms with Crippen molar-refractivity contribution in [2.75, 3.05) is 18.1 Å². The summed E-state index contributed by atoms with van der Waals surface area (Å²) in [6, 6.07) is 0. The number of carbonyl (C=O) groups excluding carboxylic acids is 1. The van der Waals surface area contributed by atoms with E-state index in [2.05, 4.69) is 15.0 Å². The monoisotopic (exact) mass is 320 g/mol. The smallest absolute Gasteiger partial charge is 0.375 e. The predicted octanol–water partition coefficient (Wildman–Crippen LogP) is 0.735. The van der Waals surface area contributed by atoms with Gasteiger partial charge in [-0.05, 0) is 27.2 Å². The zero-order valence-electron chi connectivity index (χ0n) is 13.4. The van der Waals surface area contributed by atoms with Gasteiger partial charge in [-0.1, -0.05) is 0 Å². The number of nitrogens with two attached hydrogens (primary N) is 2. The first-order valence-corrected chi connectivity index (χ1v) is 7.39. The number of hydrogen-bond donors (Lipinski definition) is 2. The molecule has 0 unspecified atom stereocenters. The number of anilines is 2. The number of aryl methyl sites for hydroxylation is 1. The Bertz CT molecular complexity index is 760. The zero-order valence-corrected chi connectivity index (χ0v) is 13.4. The molecular formula is C14H20N6O3. The fraction of sp³-hybridized carbons (Fsp3) is 0.571. The lowest BCUT2D eigenvalue weighted by Crippen LogP contribution is -2.26. The minimum atomic E-state index is -0.629. The van der Waals surface area contributed by atoms with Crippen molar-refractivity contribution >= 4 is 28.9 Å². The van der Waals surface area contributed by atoms with E-state index in [1.165, 1.54) is 0 Å². The van der Waals surface area contributed by atoms with Gasteiger partial charge in [0.1, 0.15) is 5.60 Å². The van der Waals surface area contributed by atoms with E-state index in [0.717, 1.165) is 13.0 Å². The van der Waals surface area contributed by atoms with Gasteiger partial charge < -0.3 is 25.5 Å². The molecule has 0 saturated carbocycles. The highest BCUT2D eigenvalue weighted by Crippen LogP contribution is 2.24. The standard InChI is InChI=1S/C14H20N6O3/c1-14(2,3)23-12(21)11-17-8-9(15)18-13(16)19-10(8)20(11)5-4-7-6-22-7/h7H,4-6H2,1-3H3,(H4,15,16,18,19)/t7-/m0/s1. The van der Waals surface area contributed by atoms with Crippen LogP contribution in [-0.4, -0.2) is 43.8 Å². The Morgan fingerprint density at radius 3 is 2.65 bits per heavy atom. The third-order valence-corrected chi connectivity index (χ3v) is 3.30. The molecule has 1 aliphatic heterocycles. The topological polar surface area (TPSA) is 134 Å². The zero-order chi connectivity index (χ0) is 16.8. The quantitative estimate of drug-likeness (QED) is 0.622. The Hall–Kier alpha value is -2.42. The molecule has 23 heavy (non-hydrogen) atoms. The van der Waals surface area contributed by atoms with Crippen LogP contribution in [0.2, 0.25) is 0 Å². The SMILES string of the molecule is CC(C)(C)OC(=O)c1nc2c(N)nc(N)nc2n1CC[C@H]1CO1. The maximum atomic E-state index is 12.5. The molecule has 4 N–H and O–H groups in total. The molecule has 0 aromatic carbocycles. The first-order chi connectivity index (χ1) is 10.7. The molecular weight excluding hydrogens is 300 g/mol. The van der Waals surface area contributed by atoms with Crippen molar-refractivity contribution in [3.63, 3.8) is 0 Å². The Kier molecular flexibility index (Phi) is 3.59. The maximum Gasteiger partial charge on any atom is 0.375 e. The van der Waals surface area contributed by atoms with Crippen LogP contribution in [0.25, 0.3) is 11.2 Å². The number of epoxide rings is 1. The van der Waals surface area contributed by atoms with Gasteiger partial charge in [0, 0.05) is 6.54 Å². The van der Waals surface area contributed by atoms with Crippen molar-refractivity contribution in [1.82, 2.24) is 19.5 Å². The van der Waals surface area contributed by atoms with E-state index >= 15 is 0 Å². The third kappa shape index (κ3) is 3.34. The molecule has 1 saturated heterocycles. The van der Waals surface area contributed by atoms with Gasteiger partial charge in [-0.15, -0.1) is 0 Å². The summed E-state index contributed by atoms with van der Waals surface area (Å²) in [5, 5.41) is 0. The van der Waals surface area contributed by atoms with Crippen molar-refractivity contribution in [1.29, 1.82) is 0 Å². The second-order valence-corrected chi connectivity index (χ2v) is 6.47. The van der Waals surface area contributed by atoms with Gasteiger partial charge in [0.25, 0.3) is 0 Å². The Balaban J connectivity index is 2.05. The van der Waals surface area contributed by atoms with Gasteiger partial charge >= 0.3 is 5.97 Å². The average molecular weight is 320 g/mol. The molecule has 0 spiro atoms. The van der Waals surface area contributed by atoms with Crippen molar-refractivity contribution in [2.24, 2.45) is 0 Å². The fourth-order valence-electron chi connectivity index (χ4n) is 2.24. The normalized spacial score (nSPS) is 17.4. The van der Waals surface area contributed by atoms with Crippen LogP contribution in [0.4, 0.5) is 11.8 Å². The number of carbonyl (C=O) groups is 1. The summed E-state index contributed by atoms with van der Waals surface area (Å²) in [5.74, 6) is -0.222. The largest absolute Gasteiger partial charge is 0.454 e. The molecule has 0 bridgehead atoms. The number of ether oxygens (including phenoxy) is 2. The summed E-state index contributed by atoms with van der Waals surface area (Å²) in [6.45, 7) is 6.62. The molecule has 124 valence electrons. The Labute approximate surface area is 133 Å². The Morgan fingerprint density at radius 1 is 1.35 bits per heavy atom. The lowest BCUT2D eigenvalue weighted by molar-refractivity contribution is 0.00507. The summed E-state index contributed by atoms with van der Waals surface area (Å²) in [5.41, 5.74) is 11.7. The second-order valence-electron chi connectivity index (χ2n) is 6.47. The molecule has 9 heteroatoms. The van der Waals surface area contributed by atoms with Gasteiger partial charge in [-0.2, -0.15) is 9.97 Å². The van der Waals surface area contributed by atoms with Gasteiger partial charge in [0.2, 0.25) is 11.8 Å². The van der Waals surface area contributed by atoms with E-state index in [-0.39, 0.29) is 23.7 Å². The van der Waals surface area contributed by atoms with Gasteiger partial charge in [0.05, 0.1) is 12.7 Å². The molecule has 2 aromatic heterocycles. The van der Waals surface area contributed by atoms with Crippen molar-refractivity contribution < 1.29 is 14.3 Å². The van der Waals surface area contributed by atoms with Crippen LogP contribution in [0.15, 0.2) is 0 Å². The number of nitrogen functional groups attached to an aromatic ring is 2. The number of hydrogen-bond acceptors (Lipinski definition) is 8.